The van der Waals surface area contributed by atoms with Crippen LogP contribution in [-0.2, 0) is 10.8 Å². The van der Waals surface area contributed by atoms with E-state index < -0.39 is 15.7 Å². The quantitative estimate of drug-likeness (QED) is 0.475. The summed E-state index contributed by atoms with van der Waals surface area (Å²) < 4.78 is 12.8. The molecule has 20 heavy (non-hydrogen) atoms. The second kappa shape index (κ2) is 5.29. The van der Waals surface area contributed by atoms with Crippen LogP contribution in [0.5, 0.6) is 0 Å². The maximum absolute atomic E-state index is 11.5. The molecule has 0 unspecified atom stereocenters. The second-order valence-corrected chi connectivity index (χ2v) is 5.23. The maximum atomic E-state index is 11.5. The van der Waals surface area contributed by atoms with Gasteiger partial charge in [-0.25, -0.2) is 0 Å². The highest BCUT2D eigenvalue weighted by atomic mass is 32.2. The molecule has 9 heteroatoms. The number of rotatable bonds is 4. The molecule has 8 nitrogen and oxygen atoms in total. The summed E-state index contributed by atoms with van der Waals surface area (Å²) in [6, 6.07) is 4.06. The third-order valence-corrected chi connectivity index (χ3v) is 3.40. The normalized spacial score (nSPS) is 12.1. The van der Waals surface area contributed by atoms with Crippen LogP contribution in [0, 0.1) is 10.1 Å². The molecular weight excluding hydrogens is 284 g/mol. The number of carbonyl (C=O) groups excluding carboxylic acids is 1. The van der Waals surface area contributed by atoms with Crippen LogP contribution >= 0.6 is 0 Å². The lowest BCUT2D eigenvalue weighted by Gasteiger charge is -2.06. The number of carbonyl (C=O) groups is 1. The molecule has 0 bridgehead atoms. The van der Waals surface area contributed by atoms with E-state index in [0.29, 0.717) is 0 Å². The van der Waals surface area contributed by atoms with Crippen LogP contribution in [-0.4, -0.2) is 35.9 Å². The van der Waals surface area contributed by atoms with Gasteiger partial charge in [0.1, 0.15) is 12.0 Å². The summed E-state index contributed by atoms with van der Waals surface area (Å²) in [6.45, 7) is 1.32. The molecule has 2 rings (SSSR count). The summed E-state index contributed by atoms with van der Waals surface area (Å²) in [5, 5.41) is 18.5. The minimum absolute atomic E-state index is 0.101. The lowest BCUT2D eigenvalue weighted by molar-refractivity contribution is -0.384. The van der Waals surface area contributed by atoms with Crippen molar-refractivity contribution in [3.05, 3.63) is 40.2 Å². The van der Waals surface area contributed by atoms with Crippen LogP contribution in [0.2, 0.25) is 0 Å². The molecule has 0 amide bonds. The van der Waals surface area contributed by atoms with E-state index in [1.54, 1.807) is 0 Å². The van der Waals surface area contributed by atoms with Crippen molar-refractivity contribution in [3.8, 4) is 5.69 Å². The van der Waals surface area contributed by atoms with Crippen molar-refractivity contribution in [1.29, 1.82) is 0 Å². The Morgan fingerprint density at radius 1 is 1.45 bits per heavy atom. The summed E-state index contributed by atoms with van der Waals surface area (Å²) in [6.07, 6.45) is 2.64. The van der Waals surface area contributed by atoms with E-state index in [4.69, 9.17) is 0 Å². The Bertz CT molecular complexity index is 725. The van der Waals surface area contributed by atoms with E-state index in [1.807, 2.05) is 0 Å². The summed E-state index contributed by atoms with van der Waals surface area (Å²) in [7, 11) is -1.45. The van der Waals surface area contributed by atoms with E-state index in [0.717, 1.165) is 0 Å². The van der Waals surface area contributed by atoms with Crippen LogP contribution in [0.15, 0.2) is 29.7 Å². The van der Waals surface area contributed by atoms with Crippen molar-refractivity contribution in [1.82, 2.24) is 14.8 Å². The summed E-state index contributed by atoms with van der Waals surface area (Å²) >= 11 is 0. The average Bonchev–Trinajstić information content (AvgIpc) is 2.86. The number of Topliss-reactive ketones (excluding diaryl/α,β-unsaturated/α-hetero) is 1. The van der Waals surface area contributed by atoms with E-state index in [1.165, 1.54) is 42.3 Å². The Kier molecular flexibility index (Phi) is 3.70. The lowest BCUT2D eigenvalue weighted by atomic mass is 10.1. The molecule has 0 saturated heterocycles. The standard InChI is InChI=1S/C11H10N4O4S/c1-7(16)8-3-4-9(10(5-8)15(17)18)14-6-12-13-11(14)20(2)19/h3-6H,1-2H3/t20-/m0/s1. The predicted molar refractivity (Wildman–Crippen MR) is 70.4 cm³/mol. The Morgan fingerprint density at radius 3 is 2.70 bits per heavy atom. The van der Waals surface area contributed by atoms with Crippen LogP contribution in [0.1, 0.15) is 17.3 Å². The molecule has 2 aromatic rings. The number of aromatic nitrogens is 3. The third-order valence-electron chi connectivity index (χ3n) is 2.61. The maximum Gasteiger partial charge on any atom is 0.294 e. The predicted octanol–water partition coefficient (Wildman–Crippen LogP) is 1.12. The van der Waals surface area contributed by atoms with Crippen LogP contribution in [0.3, 0.4) is 0 Å². The molecule has 0 N–H and O–H groups in total. The summed E-state index contributed by atoms with van der Waals surface area (Å²) in [5.74, 6) is -0.275. The molecule has 0 aliphatic rings. The molecule has 1 aromatic heterocycles. The molecular formula is C11H10N4O4S. The molecule has 104 valence electrons. The van der Waals surface area contributed by atoms with Crippen molar-refractivity contribution in [2.45, 2.75) is 12.1 Å². The van der Waals surface area contributed by atoms with Gasteiger partial charge in [-0.1, -0.05) is 0 Å². The number of hydrogen-bond acceptors (Lipinski definition) is 6. The zero-order valence-corrected chi connectivity index (χ0v) is 11.5. The van der Waals surface area contributed by atoms with Gasteiger partial charge in [-0.15, -0.1) is 10.2 Å². The van der Waals surface area contributed by atoms with Gasteiger partial charge < -0.3 is 0 Å². The molecule has 1 atom stereocenters. The molecule has 0 fully saturated rings. The van der Waals surface area contributed by atoms with Crippen LogP contribution < -0.4 is 0 Å². The number of benzene rings is 1. The van der Waals surface area contributed by atoms with Crippen molar-refractivity contribution in [2.24, 2.45) is 0 Å². The number of nitro groups is 1. The van der Waals surface area contributed by atoms with Gasteiger partial charge in [0.05, 0.1) is 15.7 Å². The van der Waals surface area contributed by atoms with Crippen molar-refractivity contribution < 1.29 is 13.9 Å². The Morgan fingerprint density at radius 2 is 2.15 bits per heavy atom. The summed E-state index contributed by atoms with van der Waals surface area (Å²) in [5.41, 5.74) is 0.118. The van der Waals surface area contributed by atoms with Gasteiger partial charge >= 0.3 is 0 Å². The van der Waals surface area contributed by atoms with Crippen molar-refractivity contribution in [3.63, 3.8) is 0 Å². The highest BCUT2D eigenvalue weighted by Gasteiger charge is 2.21. The first-order chi connectivity index (χ1) is 9.41. The largest absolute Gasteiger partial charge is 0.295 e. The smallest absolute Gasteiger partial charge is 0.294 e. The fourth-order valence-corrected chi connectivity index (χ4v) is 2.26. The number of hydrogen-bond donors (Lipinski definition) is 0. The van der Waals surface area contributed by atoms with Gasteiger partial charge in [0.15, 0.2) is 5.78 Å². The number of nitro benzene ring substituents is 1. The van der Waals surface area contributed by atoms with Crippen molar-refractivity contribution >= 4 is 22.3 Å². The van der Waals surface area contributed by atoms with Gasteiger partial charge in [0, 0.05) is 17.9 Å². The van der Waals surface area contributed by atoms with Gasteiger partial charge in [-0.2, -0.15) is 0 Å². The van der Waals surface area contributed by atoms with Crippen LogP contribution in [0.4, 0.5) is 5.69 Å². The SMILES string of the molecule is CC(=O)c1ccc(-n2cnnc2[S@](C)=O)c([N+](=O)[O-])c1. The Balaban J connectivity index is 2.68. The lowest BCUT2D eigenvalue weighted by Crippen LogP contribution is -2.06. The number of nitrogens with zero attached hydrogens (tertiary/aromatic N) is 4. The van der Waals surface area contributed by atoms with Gasteiger partial charge in [0.2, 0.25) is 5.16 Å². The first kappa shape index (κ1) is 14.0. The zero-order valence-electron chi connectivity index (χ0n) is 10.6. The highest BCUT2D eigenvalue weighted by molar-refractivity contribution is 7.84. The molecule has 1 aromatic carbocycles. The van der Waals surface area contributed by atoms with E-state index in [9.17, 15) is 19.1 Å². The van der Waals surface area contributed by atoms with Gasteiger partial charge in [-0.05, 0) is 19.1 Å². The fourth-order valence-electron chi connectivity index (χ4n) is 1.68. The first-order valence-corrected chi connectivity index (χ1v) is 7.01. The average molecular weight is 294 g/mol. The van der Waals surface area contributed by atoms with Gasteiger partial charge in [-0.3, -0.25) is 23.7 Å². The highest BCUT2D eigenvalue weighted by Crippen LogP contribution is 2.25. The molecule has 0 saturated carbocycles. The minimum Gasteiger partial charge on any atom is -0.295 e. The monoisotopic (exact) mass is 294 g/mol. The first-order valence-electron chi connectivity index (χ1n) is 5.45. The molecule has 0 radical (unpaired) electrons. The van der Waals surface area contributed by atoms with E-state index in [2.05, 4.69) is 10.2 Å². The molecule has 0 aliphatic carbocycles. The molecule has 0 aliphatic heterocycles. The Hall–Kier alpha value is -2.42. The van der Waals surface area contributed by atoms with E-state index >= 15 is 0 Å². The topological polar surface area (TPSA) is 108 Å². The van der Waals surface area contributed by atoms with Crippen LogP contribution in [0.25, 0.3) is 5.69 Å². The Labute approximate surface area is 116 Å². The van der Waals surface area contributed by atoms with Crippen molar-refractivity contribution in [2.75, 3.05) is 6.26 Å². The fraction of sp³-hybridized carbons (Fsp3) is 0.182. The summed E-state index contributed by atoms with van der Waals surface area (Å²) in [4.78, 5) is 21.8. The van der Waals surface area contributed by atoms with E-state index in [-0.39, 0.29) is 27.9 Å². The van der Waals surface area contributed by atoms with Gasteiger partial charge in [0.25, 0.3) is 5.69 Å². The molecule has 1 heterocycles. The minimum atomic E-state index is -1.45. The third kappa shape index (κ3) is 2.48. The molecule has 0 spiro atoms. The zero-order chi connectivity index (χ0) is 14.9. The second-order valence-electron chi connectivity index (χ2n) is 3.95. The number of ketones is 1.